The van der Waals surface area contributed by atoms with E-state index in [0.29, 0.717) is 39.2 Å². The summed E-state index contributed by atoms with van der Waals surface area (Å²) in [5, 5.41) is 12.5. The Hall–Kier alpha value is -3.63. The summed E-state index contributed by atoms with van der Waals surface area (Å²) >= 11 is 5.96. The molecule has 146 valence electrons. The van der Waals surface area contributed by atoms with E-state index in [0.717, 1.165) is 0 Å². The van der Waals surface area contributed by atoms with Crippen molar-refractivity contribution in [3.05, 3.63) is 64.8 Å². The first-order chi connectivity index (χ1) is 13.9. The Morgan fingerprint density at radius 2 is 2.03 bits per heavy atom. The van der Waals surface area contributed by atoms with E-state index in [1.165, 1.54) is 0 Å². The third kappa shape index (κ3) is 4.81. The van der Waals surface area contributed by atoms with Crippen molar-refractivity contribution in [2.24, 2.45) is 5.73 Å². The van der Waals surface area contributed by atoms with Crippen molar-refractivity contribution in [1.82, 2.24) is 9.97 Å². The zero-order valence-corrected chi connectivity index (χ0v) is 16.6. The van der Waals surface area contributed by atoms with Crippen molar-refractivity contribution in [3.63, 3.8) is 0 Å². The number of ether oxygens (including phenoxy) is 1. The number of nitrogens with one attached hydrogen (secondary N) is 1. The van der Waals surface area contributed by atoms with E-state index < -0.39 is 5.91 Å². The molecule has 2 aromatic carbocycles. The highest BCUT2D eigenvalue weighted by Crippen LogP contribution is 2.27. The van der Waals surface area contributed by atoms with Gasteiger partial charge in [0.05, 0.1) is 27.9 Å². The van der Waals surface area contributed by atoms with Crippen LogP contribution < -0.4 is 15.8 Å². The Morgan fingerprint density at radius 1 is 1.24 bits per heavy atom. The number of anilines is 2. The van der Waals surface area contributed by atoms with Crippen molar-refractivity contribution >= 4 is 29.1 Å². The Balaban J connectivity index is 1.92. The third-order valence-electron chi connectivity index (χ3n) is 3.90. The summed E-state index contributed by atoms with van der Waals surface area (Å²) in [7, 11) is 0. The van der Waals surface area contributed by atoms with Crippen LogP contribution in [0.5, 0.6) is 5.75 Å². The van der Waals surface area contributed by atoms with Gasteiger partial charge in [-0.15, -0.1) is 0 Å². The maximum absolute atomic E-state index is 11.8. The molecule has 1 aromatic heterocycles. The van der Waals surface area contributed by atoms with E-state index in [1.807, 2.05) is 19.9 Å². The second-order valence-electron chi connectivity index (χ2n) is 6.44. The van der Waals surface area contributed by atoms with Crippen LogP contribution in [0.25, 0.3) is 11.3 Å². The van der Waals surface area contributed by atoms with E-state index in [-0.39, 0.29) is 11.7 Å². The van der Waals surface area contributed by atoms with Gasteiger partial charge in [-0.2, -0.15) is 5.26 Å². The number of rotatable bonds is 6. The van der Waals surface area contributed by atoms with Gasteiger partial charge in [-0.1, -0.05) is 11.6 Å². The first-order valence-electron chi connectivity index (χ1n) is 8.78. The fourth-order valence-electron chi connectivity index (χ4n) is 2.64. The molecule has 3 N–H and O–H groups in total. The molecule has 0 unspecified atom stereocenters. The van der Waals surface area contributed by atoms with E-state index in [9.17, 15) is 4.79 Å². The van der Waals surface area contributed by atoms with Crippen LogP contribution in [0, 0.1) is 11.3 Å². The van der Waals surface area contributed by atoms with Gasteiger partial charge in [0, 0.05) is 17.4 Å². The molecule has 0 fully saturated rings. The highest BCUT2D eigenvalue weighted by Gasteiger charge is 2.14. The molecule has 1 amide bonds. The largest absolute Gasteiger partial charge is 0.490 e. The van der Waals surface area contributed by atoms with Crippen molar-refractivity contribution < 1.29 is 9.53 Å². The number of hydrogen-bond donors (Lipinski definition) is 2. The van der Waals surface area contributed by atoms with Gasteiger partial charge in [-0.05, 0) is 56.3 Å². The second kappa shape index (κ2) is 8.59. The standard InChI is InChI=1S/C21H18ClN5O2/c1-12(2)29-19-6-3-13(10-16(19)20(24)28)18-7-8-25-21(27-18)26-15-4-5-17(22)14(9-15)11-23/h3-10,12H,1-2H3,(H2,24,28)(H,25,26,27). The van der Waals surface area contributed by atoms with Gasteiger partial charge in [0.25, 0.3) is 5.91 Å². The molecular formula is C21H18ClN5O2. The average molecular weight is 408 g/mol. The van der Waals surface area contributed by atoms with Gasteiger partial charge in [0.1, 0.15) is 11.8 Å². The number of benzene rings is 2. The monoisotopic (exact) mass is 407 g/mol. The fourth-order valence-corrected chi connectivity index (χ4v) is 2.80. The Kier molecular flexibility index (Phi) is 5.96. The zero-order valence-electron chi connectivity index (χ0n) is 15.8. The van der Waals surface area contributed by atoms with E-state index in [4.69, 9.17) is 27.3 Å². The maximum Gasteiger partial charge on any atom is 0.252 e. The molecule has 0 atom stereocenters. The number of hydrogen-bond acceptors (Lipinski definition) is 6. The van der Waals surface area contributed by atoms with Crippen molar-refractivity contribution in [2.45, 2.75) is 20.0 Å². The molecule has 0 spiro atoms. The number of halogens is 1. The summed E-state index contributed by atoms with van der Waals surface area (Å²) in [5.41, 5.74) is 8.04. The normalized spacial score (nSPS) is 10.4. The average Bonchev–Trinajstić information content (AvgIpc) is 2.69. The fraction of sp³-hybridized carbons (Fsp3) is 0.143. The molecule has 0 radical (unpaired) electrons. The summed E-state index contributed by atoms with van der Waals surface area (Å²) < 4.78 is 5.65. The highest BCUT2D eigenvalue weighted by molar-refractivity contribution is 6.31. The number of nitriles is 1. The van der Waals surface area contributed by atoms with Gasteiger partial charge in [-0.3, -0.25) is 4.79 Å². The molecule has 0 aliphatic rings. The lowest BCUT2D eigenvalue weighted by molar-refractivity contribution is 0.0994. The smallest absolute Gasteiger partial charge is 0.252 e. The highest BCUT2D eigenvalue weighted by atomic mass is 35.5. The lowest BCUT2D eigenvalue weighted by atomic mass is 10.1. The van der Waals surface area contributed by atoms with Crippen molar-refractivity contribution in [1.29, 1.82) is 5.26 Å². The van der Waals surface area contributed by atoms with Crippen LogP contribution in [0.1, 0.15) is 29.8 Å². The summed E-state index contributed by atoms with van der Waals surface area (Å²) in [6, 6.07) is 13.8. The number of nitrogens with two attached hydrogens (primary N) is 1. The molecule has 1 heterocycles. The van der Waals surface area contributed by atoms with E-state index in [2.05, 4.69) is 15.3 Å². The van der Waals surface area contributed by atoms with Crippen LogP contribution >= 0.6 is 11.6 Å². The molecule has 0 saturated heterocycles. The summed E-state index contributed by atoms with van der Waals surface area (Å²) in [5.74, 6) is 0.172. The van der Waals surface area contributed by atoms with Crippen molar-refractivity contribution in [3.8, 4) is 23.1 Å². The molecule has 0 aliphatic heterocycles. The topological polar surface area (TPSA) is 114 Å². The SMILES string of the molecule is CC(C)Oc1ccc(-c2ccnc(Nc3ccc(Cl)c(C#N)c3)n2)cc1C(N)=O. The molecule has 3 rings (SSSR count). The molecule has 0 saturated carbocycles. The molecule has 29 heavy (non-hydrogen) atoms. The number of amides is 1. The molecule has 0 aliphatic carbocycles. The van der Waals surface area contributed by atoms with Crippen LogP contribution in [0.2, 0.25) is 5.02 Å². The third-order valence-corrected chi connectivity index (χ3v) is 4.23. The summed E-state index contributed by atoms with van der Waals surface area (Å²) in [6.07, 6.45) is 1.50. The van der Waals surface area contributed by atoms with E-state index >= 15 is 0 Å². The van der Waals surface area contributed by atoms with Gasteiger partial charge in [0.2, 0.25) is 5.95 Å². The minimum atomic E-state index is -0.583. The van der Waals surface area contributed by atoms with Crippen LogP contribution in [-0.4, -0.2) is 22.0 Å². The van der Waals surface area contributed by atoms with Crippen LogP contribution in [0.4, 0.5) is 11.6 Å². The molecular weight excluding hydrogens is 390 g/mol. The Labute approximate surface area is 173 Å². The maximum atomic E-state index is 11.8. The van der Waals surface area contributed by atoms with Crippen molar-refractivity contribution in [2.75, 3.05) is 5.32 Å². The summed E-state index contributed by atoms with van der Waals surface area (Å²) in [6.45, 7) is 3.74. The van der Waals surface area contributed by atoms with Crippen LogP contribution in [0.15, 0.2) is 48.7 Å². The van der Waals surface area contributed by atoms with Gasteiger partial charge < -0.3 is 15.8 Å². The Bertz CT molecular complexity index is 1110. The Morgan fingerprint density at radius 3 is 2.72 bits per heavy atom. The zero-order chi connectivity index (χ0) is 21.0. The molecule has 7 nitrogen and oxygen atoms in total. The van der Waals surface area contributed by atoms with Crippen LogP contribution in [-0.2, 0) is 0 Å². The predicted molar refractivity (Wildman–Crippen MR) is 111 cm³/mol. The first-order valence-corrected chi connectivity index (χ1v) is 9.15. The van der Waals surface area contributed by atoms with Crippen LogP contribution in [0.3, 0.4) is 0 Å². The molecule has 3 aromatic rings. The van der Waals surface area contributed by atoms with Gasteiger partial charge in [-0.25, -0.2) is 9.97 Å². The number of primary amides is 1. The van der Waals surface area contributed by atoms with E-state index in [1.54, 1.807) is 48.7 Å². The predicted octanol–water partition coefficient (Wildman–Crippen LogP) is 4.30. The summed E-state index contributed by atoms with van der Waals surface area (Å²) in [4.78, 5) is 20.5. The number of carbonyl (C=O) groups is 1. The quantitative estimate of drug-likeness (QED) is 0.629. The molecule has 0 bridgehead atoms. The minimum Gasteiger partial charge on any atom is -0.490 e. The number of carbonyl (C=O) groups excluding carboxylic acids is 1. The number of aromatic nitrogens is 2. The van der Waals surface area contributed by atoms with Gasteiger partial charge >= 0.3 is 0 Å². The minimum absolute atomic E-state index is 0.0912. The number of nitrogens with zero attached hydrogens (tertiary/aromatic N) is 3. The lowest BCUT2D eigenvalue weighted by Gasteiger charge is -2.14. The van der Waals surface area contributed by atoms with Gasteiger partial charge in [0.15, 0.2) is 0 Å². The molecule has 8 heteroatoms. The first kappa shape index (κ1) is 20.1. The second-order valence-corrected chi connectivity index (χ2v) is 6.85. The lowest BCUT2D eigenvalue weighted by Crippen LogP contribution is -2.15.